The predicted octanol–water partition coefficient (Wildman–Crippen LogP) is 2.19. The summed E-state index contributed by atoms with van der Waals surface area (Å²) in [6.45, 7) is 7.48. The van der Waals surface area contributed by atoms with Crippen LogP contribution in [0.5, 0.6) is 11.5 Å². The molecule has 0 saturated carbocycles. The Bertz CT molecular complexity index is 978. The molecule has 1 amide bonds. The Kier molecular flexibility index (Phi) is 7.58. The van der Waals surface area contributed by atoms with Crippen molar-refractivity contribution in [2.75, 3.05) is 40.4 Å². The number of carbonyl (C=O) groups excluding carboxylic acids is 2. The molecule has 32 heavy (non-hydrogen) atoms. The number of furan rings is 1. The molecular formula is C24H31N2O6+. The number of methoxy groups -OCH3 is 2. The highest BCUT2D eigenvalue weighted by Crippen LogP contribution is 2.43. The number of hydrogen-bond donors (Lipinski definition) is 2. The number of rotatable bonds is 11. The molecule has 1 aromatic carbocycles. The molecule has 172 valence electrons. The van der Waals surface area contributed by atoms with Gasteiger partial charge in [0.2, 0.25) is 5.78 Å². The number of nitrogens with zero attached hydrogens (tertiary/aromatic N) is 1. The normalized spacial score (nSPS) is 16.2. The van der Waals surface area contributed by atoms with Gasteiger partial charge in [-0.1, -0.05) is 0 Å². The molecule has 0 saturated heterocycles. The summed E-state index contributed by atoms with van der Waals surface area (Å²) in [6.07, 6.45) is 2.11. The summed E-state index contributed by atoms with van der Waals surface area (Å²) < 4.78 is 16.2. The third kappa shape index (κ3) is 4.50. The number of ether oxygens (including phenoxy) is 2. The van der Waals surface area contributed by atoms with E-state index < -0.39 is 23.5 Å². The van der Waals surface area contributed by atoms with Gasteiger partial charge in [-0.3, -0.25) is 9.59 Å². The summed E-state index contributed by atoms with van der Waals surface area (Å²) >= 11 is 0. The van der Waals surface area contributed by atoms with Crippen LogP contribution in [0, 0.1) is 0 Å². The second kappa shape index (κ2) is 10.4. The third-order valence-corrected chi connectivity index (χ3v) is 5.95. The highest BCUT2D eigenvalue weighted by Gasteiger charge is 2.45. The Hall–Kier alpha value is -3.26. The highest BCUT2D eigenvalue weighted by molar-refractivity contribution is 6.15. The van der Waals surface area contributed by atoms with Crippen LogP contribution in [-0.4, -0.2) is 62.1 Å². The molecule has 3 rings (SSSR count). The van der Waals surface area contributed by atoms with Crippen molar-refractivity contribution in [1.82, 2.24) is 4.90 Å². The quantitative estimate of drug-likeness (QED) is 0.517. The summed E-state index contributed by atoms with van der Waals surface area (Å²) in [5, 5.41) is 10.8. The predicted molar refractivity (Wildman–Crippen MR) is 118 cm³/mol. The first kappa shape index (κ1) is 23.4. The fourth-order valence-corrected chi connectivity index (χ4v) is 4.14. The molecule has 2 heterocycles. The monoisotopic (exact) mass is 443 g/mol. The van der Waals surface area contributed by atoms with Gasteiger partial charge in [-0.25, -0.2) is 0 Å². The Labute approximate surface area is 188 Å². The Morgan fingerprint density at radius 2 is 1.94 bits per heavy atom. The molecule has 0 bridgehead atoms. The summed E-state index contributed by atoms with van der Waals surface area (Å²) in [6, 6.07) is 7.48. The number of carbonyl (C=O) groups is 2. The van der Waals surface area contributed by atoms with Gasteiger partial charge in [0.25, 0.3) is 5.91 Å². The molecule has 1 aliphatic heterocycles. The average Bonchev–Trinajstić information content (AvgIpc) is 3.44. The van der Waals surface area contributed by atoms with E-state index in [0.29, 0.717) is 23.6 Å². The van der Waals surface area contributed by atoms with Gasteiger partial charge in [-0.2, -0.15) is 0 Å². The number of amides is 1. The standard InChI is InChI=1S/C24H30N2O6/c1-5-25(6-2)12-8-13-26-21(17-15-16(30-3)10-11-18(17)31-4)20(23(28)24(26)29)22(27)19-9-7-14-32-19/h7,9-11,14-15,21,28H,5-6,8,12-13H2,1-4H3/p+1/t21-/m0/s1. The lowest BCUT2D eigenvalue weighted by Gasteiger charge is -2.28. The van der Waals surface area contributed by atoms with Crippen molar-refractivity contribution >= 4 is 11.7 Å². The molecule has 2 aromatic rings. The first-order valence-corrected chi connectivity index (χ1v) is 10.8. The average molecular weight is 444 g/mol. The van der Waals surface area contributed by atoms with Gasteiger partial charge >= 0.3 is 0 Å². The molecule has 8 nitrogen and oxygen atoms in total. The van der Waals surface area contributed by atoms with Crippen molar-refractivity contribution in [3.8, 4) is 11.5 Å². The summed E-state index contributed by atoms with van der Waals surface area (Å²) in [4.78, 5) is 29.3. The zero-order valence-corrected chi connectivity index (χ0v) is 19.0. The van der Waals surface area contributed by atoms with Crippen molar-refractivity contribution in [3.63, 3.8) is 0 Å². The number of Topliss-reactive ketones (excluding diaryl/α,β-unsaturated/α-hetero) is 1. The van der Waals surface area contributed by atoms with Gasteiger partial charge in [0.05, 0.1) is 51.7 Å². The molecule has 1 atom stereocenters. The maximum absolute atomic E-state index is 13.3. The van der Waals surface area contributed by atoms with E-state index in [4.69, 9.17) is 13.9 Å². The van der Waals surface area contributed by atoms with Crippen molar-refractivity contribution in [1.29, 1.82) is 0 Å². The fraction of sp³-hybridized carbons (Fsp3) is 0.417. The number of aliphatic hydroxyl groups is 1. The SMILES string of the molecule is CC[NH+](CC)CCCN1C(=O)C(O)=C(C(=O)c2ccco2)[C@@H]1c1cc(OC)ccc1OC. The zero-order valence-electron chi connectivity index (χ0n) is 19.0. The lowest BCUT2D eigenvalue weighted by Crippen LogP contribution is -3.11. The van der Waals surface area contributed by atoms with Gasteiger partial charge < -0.3 is 28.8 Å². The van der Waals surface area contributed by atoms with Crippen molar-refractivity contribution in [3.05, 3.63) is 59.3 Å². The summed E-state index contributed by atoms with van der Waals surface area (Å²) in [5.41, 5.74) is 0.543. The maximum Gasteiger partial charge on any atom is 0.290 e. The number of aliphatic hydroxyl groups excluding tert-OH is 1. The van der Waals surface area contributed by atoms with E-state index in [1.54, 1.807) is 24.3 Å². The van der Waals surface area contributed by atoms with Crippen molar-refractivity contribution in [2.24, 2.45) is 0 Å². The molecule has 0 spiro atoms. The van der Waals surface area contributed by atoms with Gasteiger partial charge in [-0.05, 0) is 44.2 Å². The Morgan fingerprint density at radius 1 is 1.19 bits per heavy atom. The van der Waals surface area contributed by atoms with Crippen LogP contribution in [0.2, 0.25) is 0 Å². The van der Waals surface area contributed by atoms with Crippen LogP contribution in [0.4, 0.5) is 0 Å². The van der Waals surface area contributed by atoms with Crippen LogP contribution in [0.3, 0.4) is 0 Å². The first-order chi connectivity index (χ1) is 15.5. The van der Waals surface area contributed by atoms with E-state index in [9.17, 15) is 14.7 Å². The Morgan fingerprint density at radius 3 is 2.53 bits per heavy atom. The van der Waals surface area contributed by atoms with Crippen LogP contribution in [0.1, 0.15) is 42.4 Å². The zero-order chi connectivity index (χ0) is 23.3. The molecule has 0 aliphatic carbocycles. The Balaban J connectivity index is 2.04. The van der Waals surface area contributed by atoms with Crippen LogP contribution in [0.25, 0.3) is 0 Å². The second-order valence-corrected chi connectivity index (χ2v) is 7.64. The minimum Gasteiger partial charge on any atom is -0.503 e. The second-order valence-electron chi connectivity index (χ2n) is 7.64. The first-order valence-electron chi connectivity index (χ1n) is 10.8. The largest absolute Gasteiger partial charge is 0.503 e. The smallest absolute Gasteiger partial charge is 0.290 e. The molecule has 1 aromatic heterocycles. The summed E-state index contributed by atoms with van der Waals surface area (Å²) in [7, 11) is 3.06. The van der Waals surface area contributed by atoms with Gasteiger partial charge in [0.15, 0.2) is 11.5 Å². The highest BCUT2D eigenvalue weighted by atomic mass is 16.5. The van der Waals surface area contributed by atoms with Gasteiger partial charge in [0, 0.05) is 18.5 Å². The van der Waals surface area contributed by atoms with E-state index in [2.05, 4.69) is 13.8 Å². The van der Waals surface area contributed by atoms with E-state index in [1.165, 1.54) is 36.3 Å². The molecule has 0 fully saturated rings. The lowest BCUT2D eigenvalue weighted by molar-refractivity contribution is -0.896. The third-order valence-electron chi connectivity index (χ3n) is 5.95. The number of nitrogens with one attached hydrogen (secondary N) is 1. The number of benzene rings is 1. The van der Waals surface area contributed by atoms with Crippen LogP contribution in [-0.2, 0) is 4.79 Å². The van der Waals surface area contributed by atoms with E-state index in [-0.39, 0.29) is 11.3 Å². The molecule has 2 N–H and O–H groups in total. The molecular weight excluding hydrogens is 412 g/mol. The molecule has 0 unspecified atom stereocenters. The van der Waals surface area contributed by atoms with E-state index >= 15 is 0 Å². The van der Waals surface area contributed by atoms with E-state index in [0.717, 1.165) is 26.1 Å². The van der Waals surface area contributed by atoms with Crippen molar-refractivity contribution < 1.29 is 33.5 Å². The molecule has 1 aliphatic rings. The van der Waals surface area contributed by atoms with Crippen molar-refractivity contribution in [2.45, 2.75) is 26.3 Å². The minimum atomic E-state index is -0.822. The van der Waals surface area contributed by atoms with Crippen LogP contribution >= 0.6 is 0 Å². The van der Waals surface area contributed by atoms with Gasteiger partial charge in [-0.15, -0.1) is 0 Å². The van der Waals surface area contributed by atoms with Crippen LogP contribution < -0.4 is 14.4 Å². The topological polar surface area (TPSA) is 93.7 Å². The summed E-state index contributed by atoms with van der Waals surface area (Å²) in [5.74, 6) is -0.576. The van der Waals surface area contributed by atoms with E-state index in [1.807, 2.05) is 0 Å². The lowest BCUT2D eigenvalue weighted by atomic mass is 9.94. The fourth-order valence-electron chi connectivity index (χ4n) is 4.14. The number of hydrogen-bond acceptors (Lipinski definition) is 6. The van der Waals surface area contributed by atoms with Crippen LogP contribution in [0.15, 0.2) is 52.3 Å². The minimum absolute atomic E-state index is 0.0216. The van der Waals surface area contributed by atoms with Gasteiger partial charge in [0.1, 0.15) is 11.5 Å². The molecule has 8 heteroatoms. The maximum atomic E-state index is 13.3. The number of quaternary nitrogens is 1. The molecule has 0 radical (unpaired) electrons. The number of ketones is 1.